The van der Waals surface area contributed by atoms with Gasteiger partial charge in [0, 0.05) is 36.0 Å². The van der Waals surface area contributed by atoms with Crippen molar-refractivity contribution in [3.05, 3.63) is 52.3 Å². The number of amides is 1. The second-order valence-electron chi connectivity index (χ2n) is 6.57. The molecule has 0 aromatic carbocycles. The van der Waals surface area contributed by atoms with Crippen molar-refractivity contribution in [1.82, 2.24) is 26.2 Å². The van der Waals surface area contributed by atoms with Crippen LogP contribution < -0.4 is 16.3 Å². The first-order chi connectivity index (χ1) is 13.8. The van der Waals surface area contributed by atoms with Crippen LogP contribution in [0.2, 0.25) is 0 Å². The maximum atomic E-state index is 12.7. The predicted octanol–water partition coefficient (Wildman–Crippen LogP) is 1.88. The van der Waals surface area contributed by atoms with Crippen molar-refractivity contribution in [2.24, 2.45) is 0 Å². The number of halogens is 3. The van der Waals surface area contributed by atoms with Crippen LogP contribution in [0.5, 0.6) is 0 Å². The van der Waals surface area contributed by atoms with Gasteiger partial charge in [0.25, 0.3) is 5.91 Å². The van der Waals surface area contributed by atoms with Crippen LogP contribution in [0.25, 0.3) is 0 Å². The molecule has 2 aliphatic rings. The number of hydrazine groups is 1. The average Bonchev–Trinajstić information content (AvgIpc) is 2.97. The fourth-order valence-electron chi connectivity index (χ4n) is 3.01. The van der Waals surface area contributed by atoms with Gasteiger partial charge in [0.05, 0.1) is 17.9 Å². The lowest BCUT2D eigenvalue weighted by Gasteiger charge is -2.25. The summed E-state index contributed by atoms with van der Waals surface area (Å²) in [5.41, 5.74) is 11.3. The van der Waals surface area contributed by atoms with Gasteiger partial charge in [0.1, 0.15) is 6.61 Å². The van der Waals surface area contributed by atoms with Crippen molar-refractivity contribution in [2.45, 2.75) is 33.2 Å². The van der Waals surface area contributed by atoms with E-state index in [0.29, 0.717) is 35.6 Å². The van der Waals surface area contributed by atoms with Crippen LogP contribution in [0.1, 0.15) is 35.5 Å². The third kappa shape index (κ3) is 5.18. The summed E-state index contributed by atoms with van der Waals surface area (Å²) in [4.78, 5) is 23.9. The molecule has 0 saturated heterocycles. The number of allylic oxidation sites excluding steroid dienone is 2. The minimum Gasteiger partial charge on any atom is -0.468 e. The highest BCUT2D eigenvalue weighted by molar-refractivity contribution is 5.98. The maximum absolute atomic E-state index is 12.7. The van der Waals surface area contributed by atoms with Gasteiger partial charge >= 0.3 is 6.18 Å². The molecule has 0 atom stereocenters. The number of hydrogen-bond donors (Lipinski definition) is 3. The van der Waals surface area contributed by atoms with Crippen LogP contribution in [0.15, 0.2) is 35.5 Å². The molecular weight excluding hydrogens is 391 g/mol. The van der Waals surface area contributed by atoms with E-state index in [1.807, 2.05) is 6.92 Å². The number of carbonyl (C=O) groups excluding carboxylic acids is 1. The van der Waals surface area contributed by atoms with Gasteiger partial charge in [-0.25, -0.2) is 5.48 Å². The normalized spacial score (nSPS) is 16.4. The number of nitrogens with zero attached hydrogens (tertiary/aromatic N) is 2. The second-order valence-corrected chi connectivity index (χ2v) is 6.57. The average molecular weight is 413 g/mol. The summed E-state index contributed by atoms with van der Waals surface area (Å²) in [5.74, 6) is -0.148. The zero-order valence-corrected chi connectivity index (χ0v) is 16.0. The molecule has 0 radical (unpaired) electrons. The van der Waals surface area contributed by atoms with E-state index in [-0.39, 0.29) is 24.9 Å². The Morgan fingerprint density at radius 2 is 2.14 bits per heavy atom. The number of fused-ring (bicyclic) bond motifs is 1. The zero-order chi connectivity index (χ0) is 21.0. The molecule has 3 N–H and O–H groups in total. The molecule has 0 bridgehead atoms. The largest absolute Gasteiger partial charge is 0.468 e. The Bertz CT molecular complexity index is 839. The van der Waals surface area contributed by atoms with Gasteiger partial charge in [0.2, 0.25) is 5.88 Å². The molecule has 11 heteroatoms. The summed E-state index contributed by atoms with van der Waals surface area (Å²) in [6.45, 7) is 3.65. The third-order valence-corrected chi connectivity index (χ3v) is 4.29. The Kier molecular flexibility index (Phi) is 6.28. The van der Waals surface area contributed by atoms with Crippen LogP contribution in [-0.4, -0.2) is 41.7 Å². The Morgan fingerprint density at radius 1 is 1.34 bits per heavy atom. The van der Waals surface area contributed by atoms with Crippen molar-refractivity contribution >= 4 is 5.91 Å². The lowest BCUT2D eigenvalue weighted by molar-refractivity contribution is -0.166. The number of alkyl halides is 3. The number of hydroxylamine groups is 1. The Hall–Kier alpha value is -2.79. The minimum atomic E-state index is -4.42. The van der Waals surface area contributed by atoms with Crippen molar-refractivity contribution in [3.8, 4) is 0 Å². The highest BCUT2D eigenvalue weighted by Gasteiger charge is 2.32. The lowest BCUT2D eigenvalue weighted by atomic mass is 10.1. The molecule has 2 aliphatic heterocycles. The predicted molar refractivity (Wildman–Crippen MR) is 96.5 cm³/mol. The van der Waals surface area contributed by atoms with Crippen LogP contribution in [0.3, 0.4) is 0 Å². The fourth-order valence-corrected chi connectivity index (χ4v) is 3.01. The number of aromatic nitrogens is 1. The SMILES string of the molecule is CCNOCc1nccc2c1CN(CC1=CC(C)=C(OCC(F)(F)F)NN1)C2=O. The summed E-state index contributed by atoms with van der Waals surface area (Å²) >= 11 is 0. The van der Waals surface area contributed by atoms with Gasteiger partial charge in [-0.2, -0.15) is 13.2 Å². The first-order valence-corrected chi connectivity index (χ1v) is 9.02. The molecule has 8 nitrogen and oxygen atoms in total. The van der Waals surface area contributed by atoms with Gasteiger partial charge < -0.3 is 15.1 Å². The van der Waals surface area contributed by atoms with E-state index < -0.39 is 12.8 Å². The molecule has 29 heavy (non-hydrogen) atoms. The van der Waals surface area contributed by atoms with Crippen LogP contribution in [0.4, 0.5) is 13.2 Å². The van der Waals surface area contributed by atoms with Gasteiger partial charge in [-0.3, -0.25) is 20.0 Å². The summed E-state index contributed by atoms with van der Waals surface area (Å²) in [6, 6.07) is 1.67. The number of pyridine rings is 1. The Labute approximate surface area is 165 Å². The van der Waals surface area contributed by atoms with Gasteiger partial charge in [-0.15, -0.1) is 0 Å². The maximum Gasteiger partial charge on any atom is 0.422 e. The van der Waals surface area contributed by atoms with E-state index in [1.165, 1.54) is 0 Å². The molecular formula is C18H22F3N5O3. The molecule has 1 aromatic rings. The van der Waals surface area contributed by atoms with E-state index in [0.717, 1.165) is 5.56 Å². The summed E-state index contributed by atoms with van der Waals surface area (Å²) in [7, 11) is 0. The summed E-state index contributed by atoms with van der Waals surface area (Å²) in [6.07, 6.45) is -1.21. The monoisotopic (exact) mass is 413 g/mol. The molecule has 3 heterocycles. The molecule has 1 aromatic heterocycles. The van der Waals surface area contributed by atoms with Crippen molar-refractivity contribution in [2.75, 3.05) is 19.7 Å². The van der Waals surface area contributed by atoms with Crippen LogP contribution in [-0.2, 0) is 22.7 Å². The Balaban J connectivity index is 1.66. The molecule has 0 fully saturated rings. The third-order valence-electron chi connectivity index (χ3n) is 4.29. The smallest absolute Gasteiger partial charge is 0.422 e. The quantitative estimate of drug-likeness (QED) is 0.443. The standard InChI is InChI=1S/C18H22F3N5O3/c1-3-23-29-9-15-14-8-26(17(27)13(14)4-5-22-15)7-12-6-11(2)16(25-24-12)28-10-18(19,20)21/h4-6,23-25H,3,7-10H2,1-2H3. The van der Waals surface area contributed by atoms with Crippen molar-refractivity contribution in [1.29, 1.82) is 0 Å². The first kappa shape index (κ1) is 20.9. The lowest BCUT2D eigenvalue weighted by Crippen LogP contribution is -2.40. The molecule has 1 amide bonds. The van der Waals surface area contributed by atoms with Gasteiger partial charge in [-0.1, -0.05) is 6.92 Å². The first-order valence-electron chi connectivity index (χ1n) is 9.02. The van der Waals surface area contributed by atoms with E-state index in [4.69, 9.17) is 9.57 Å². The van der Waals surface area contributed by atoms with Gasteiger partial charge in [0.15, 0.2) is 6.61 Å². The van der Waals surface area contributed by atoms with E-state index in [1.54, 1.807) is 30.2 Å². The van der Waals surface area contributed by atoms with Crippen LogP contribution >= 0.6 is 0 Å². The fraction of sp³-hybridized carbons (Fsp3) is 0.444. The van der Waals surface area contributed by atoms with Crippen LogP contribution in [0, 0.1) is 0 Å². The molecule has 0 unspecified atom stereocenters. The van der Waals surface area contributed by atoms with Crippen molar-refractivity contribution < 1.29 is 27.5 Å². The summed E-state index contributed by atoms with van der Waals surface area (Å²) in [5, 5.41) is 0. The van der Waals surface area contributed by atoms with E-state index in [9.17, 15) is 18.0 Å². The number of carbonyl (C=O) groups is 1. The number of ether oxygens (including phenoxy) is 1. The molecule has 3 rings (SSSR count). The number of rotatable bonds is 8. The zero-order valence-electron chi connectivity index (χ0n) is 16.0. The van der Waals surface area contributed by atoms with E-state index in [2.05, 4.69) is 21.3 Å². The highest BCUT2D eigenvalue weighted by Crippen LogP contribution is 2.26. The minimum absolute atomic E-state index is 0.00540. The molecule has 0 aliphatic carbocycles. The van der Waals surface area contributed by atoms with E-state index >= 15 is 0 Å². The second kappa shape index (κ2) is 8.70. The van der Waals surface area contributed by atoms with Crippen molar-refractivity contribution in [3.63, 3.8) is 0 Å². The molecule has 0 saturated carbocycles. The number of nitrogens with one attached hydrogen (secondary N) is 3. The van der Waals surface area contributed by atoms with Gasteiger partial charge in [-0.05, 0) is 19.1 Å². The number of hydrogen-bond acceptors (Lipinski definition) is 7. The molecule has 0 spiro atoms. The molecule has 158 valence electrons. The highest BCUT2D eigenvalue weighted by atomic mass is 19.4. The Morgan fingerprint density at radius 3 is 2.83 bits per heavy atom. The summed E-state index contributed by atoms with van der Waals surface area (Å²) < 4.78 is 41.7. The topological polar surface area (TPSA) is 87.8 Å².